The van der Waals surface area contributed by atoms with Crippen LogP contribution in [0.1, 0.15) is 10.4 Å². The van der Waals surface area contributed by atoms with Crippen molar-refractivity contribution in [2.24, 2.45) is 0 Å². The molecule has 0 fully saturated rings. The first-order chi connectivity index (χ1) is 13.8. The third-order valence-electron chi connectivity index (χ3n) is 4.23. The van der Waals surface area contributed by atoms with Crippen LogP contribution >= 0.6 is 11.3 Å². The predicted molar refractivity (Wildman–Crippen MR) is 113 cm³/mol. The zero-order valence-electron chi connectivity index (χ0n) is 15.1. The molecule has 0 saturated heterocycles. The molecule has 2 aromatic carbocycles. The number of nitrogens with zero attached hydrogens (tertiary/aromatic N) is 4. The number of hydrogen-bond donors (Lipinski definition) is 0. The second-order valence-electron chi connectivity index (χ2n) is 6.08. The number of rotatable bonds is 6. The molecule has 6 heteroatoms. The highest BCUT2D eigenvalue weighted by Crippen LogP contribution is 2.28. The maximum Gasteiger partial charge on any atom is 0.260 e. The minimum Gasteiger partial charge on any atom is -0.280 e. The van der Waals surface area contributed by atoms with Gasteiger partial charge in [0.15, 0.2) is 5.13 Å². The van der Waals surface area contributed by atoms with Gasteiger partial charge in [-0.1, -0.05) is 36.4 Å². The number of thiazole rings is 1. The molecule has 4 aromatic rings. The molecule has 0 aliphatic carbocycles. The van der Waals surface area contributed by atoms with Gasteiger partial charge in [0, 0.05) is 35.4 Å². The van der Waals surface area contributed by atoms with E-state index in [2.05, 4.69) is 16.7 Å². The first-order valence-corrected chi connectivity index (χ1v) is 9.68. The van der Waals surface area contributed by atoms with E-state index in [0.717, 1.165) is 16.9 Å². The molecule has 2 aromatic heterocycles. The van der Waals surface area contributed by atoms with Crippen molar-refractivity contribution >= 4 is 22.4 Å². The quantitative estimate of drug-likeness (QED) is 0.446. The molecule has 28 heavy (non-hydrogen) atoms. The number of hydrogen-bond acceptors (Lipinski definition) is 4. The van der Waals surface area contributed by atoms with E-state index < -0.39 is 0 Å². The largest absolute Gasteiger partial charge is 0.280 e. The molecule has 0 saturated carbocycles. The summed E-state index contributed by atoms with van der Waals surface area (Å²) in [5.41, 5.74) is 3.38. The van der Waals surface area contributed by atoms with Gasteiger partial charge in [-0.15, -0.1) is 17.9 Å². The van der Waals surface area contributed by atoms with Gasteiger partial charge in [0.1, 0.15) is 0 Å². The zero-order chi connectivity index (χ0) is 19.3. The summed E-state index contributed by atoms with van der Waals surface area (Å²) in [6.07, 6.45) is 5.29. The molecular formula is C22H18N4OS. The Balaban J connectivity index is 1.60. The average Bonchev–Trinajstić information content (AvgIpc) is 3.45. The van der Waals surface area contributed by atoms with E-state index in [1.165, 1.54) is 11.3 Å². The van der Waals surface area contributed by atoms with E-state index in [-0.39, 0.29) is 5.91 Å². The van der Waals surface area contributed by atoms with Gasteiger partial charge in [0.25, 0.3) is 5.91 Å². The fourth-order valence-electron chi connectivity index (χ4n) is 2.84. The molecule has 0 atom stereocenters. The van der Waals surface area contributed by atoms with E-state index >= 15 is 0 Å². The molecule has 0 radical (unpaired) electrons. The third-order valence-corrected chi connectivity index (χ3v) is 5.10. The summed E-state index contributed by atoms with van der Waals surface area (Å²) in [6, 6.07) is 19.2. The summed E-state index contributed by atoms with van der Waals surface area (Å²) in [5.74, 6) is -0.110. The Kier molecular flexibility index (Phi) is 5.12. The van der Waals surface area contributed by atoms with Crippen molar-refractivity contribution in [1.82, 2.24) is 14.8 Å². The summed E-state index contributed by atoms with van der Waals surface area (Å²) < 4.78 is 1.75. The van der Waals surface area contributed by atoms with Crippen LogP contribution in [0.15, 0.2) is 91.1 Å². The van der Waals surface area contributed by atoms with Crippen LogP contribution in [0, 0.1) is 0 Å². The van der Waals surface area contributed by atoms with Crippen molar-refractivity contribution < 1.29 is 4.79 Å². The second kappa shape index (κ2) is 8.02. The Morgan fingerprint density at radius 1 is 1.11 bits per heavy atom. The molecule has 1 amide bonds. The molecule has 2 heterocycles. The molecule has 0 unspecified atom stereocenters. The van der Waals surface area contributed by atoms with E-state index in [1.807, 2.05) is 60.1 Å². The third kappa shape index (κ3) is 3.63. The SMILES string of the molecule is C=CCN(C(=O)c1ccc(-n2cccn2)cc1)c1nc(-c2ccccc2)cs1. The van der Waals surface area contributed by atoms with Gasteiger partial charge in [-0.25, -0.2) is 9.67 Å². The smallest absolute Gasteiger partial charge is 0.260 e. The Morgan fingerprint density at radius 2 is 1.89 bits per heavy atom. The van der Waals surface area contributed by atoms with Gasteiger partial charge in [-0.2, -0.15) is 5.10 Å². The number of aromatic nitrogens is 3. The molecular weight excluding hydrogens is 368 g/mol. The molecule has 0 aliphatic rings. The lowest BCUT2D eigenvalue weighted by molar-refractivity contribution is 0.0989. The number of anilines is 1. The number of carbonyl (C=O) groups excluding carboxylic acids is 1. The van der Waals surface area contributed by atoms with Gasteiger partial charge in [0.05, 0.1) is 11.4 Å². The Labute approximate surface area is 167 Å². The first-order valence-electron chi connectivity index (χ1n) is 8.80. The van der Waals surface area contributed by atoms with Crippen LogP contribution in [-0.2, 0) is 0 Å². The normalized spacial score (nSPS) is 10.6. The van der Waals surface area contributed by atoms with Crippen molar-refractivity contribution in [2.75, 3.05) is 11.4 Å². The maximum absolute atomic E-state index is 13.1. The van der Waals surface area contributed by atoms with Crippen molar-refractivity contribution in [3.63, 3.8) is 0 Å². The van der Waals surface area contributed by atoms with Gasteiger partial charge >= 0.3 is 0 Å². The van der Waals surface area contributed by atoms with Gasteiger partial charge in [0.2, 0.25) is 0 Å². The summed E-state index contributed by atoms with van der Waals surface area (Å²) >= 11 is 1.45. The van der Waals surface area contributed by atoms with E-state index in [0.29, 0.717) is 17.2 Å². The zero-order valence-corrected chi connectivity index (χ0v) is 15.9. The van der Waals surface area contributed by atoms with Crippen LogP contribution in [-0.4, -0.2) is 27.2 Å². The van der Waals surface area contributed by atoms with Crippen LogP contribution in [0.4, 0.5) is 5.13 Å². The average molecular weight is 386 g/mol. The number of amides is 1. The molecule has 5 nitrogen and oxygen atoms in total. The molecule has 4 rings (SSSR count). The standard InChI is InChI=1S/C22H18N4OS/c1-2-14-25(22-24-20(16-28-22)17-7-4-3-5-8-17)21(27)18-9-11-19(12-10-18)26-15-6-13-23-26/h2-13,15-16H,1,14H2. The Hall–Kier alpha value is -3.51. The van der Waals surface area contributed by atoms with E-state index in [9.17, 15) is 4.79 Å². The Bertz CT molecular complexity index is 1070. The molecule has 138 valence electrons. The highest BCUT2D eigenvalue weighted by molar-refractivity contribution is 7.14. The van der Waals surface area contributed by atoms with Gasteiger partial charge in [-0.05, 0) is 30.3 Å². The minimum absolute atomic E-state index is 0.110. The summed E-state index contributed by atoms with van der Waals surface area (Å²) in [6.45, 7) is 4.18. The maximum atomic E-state index is 13.1. The summed E-state index contributed by atoms with van der Waals surface area (Å²) in [4.78, 5) is 19.4. The van der Waals surface area contributed by atoms with Crippen molar-refractivity contribution in [3.8, 4) is 16.9 Å². The Morgan fingerprint density at radius 3 is 2.57 bits per heavy atom. The lowest BCUT2D eigenvalue weighted by atomic mass is 10.2. The van der Waals surface area contributed by atoms with Crippen molar-refractivity contribution in [2.45, 2.75) is 0 Å². The molecule has 0 spiro atoms. The van der Waals surface area contributed by atoms with Crippen molar-refractivity contribution in [1.29, 1.82) is 0 Å². The lowest BCUT2D eigenvalue weighted by Gasteiger charge is -2.18. The van der Waals surface area contributed by atoms with Gasteiger partial charge < -0.3 is 0 Å². The molecule has 0 aliphatic heterocycles. The second-order valence-corrected chi connectivity index (χ2v) is 6.92. The topological polar surface area (TPSA) is 51.0 Å². The lowest BCUT2D eigenvalue weighted by Crippen LogP contribution is -2.31. The van der Waals surface area contributed by atoms with Gasteiger partial charge in [-0.3, -0.25) is 9.69 Å². The van der Waals surface area contributed by atoms with Crippen molar-refractivity contribution in [3.05, 3.63) is 96.7 Å². The van der Waals surface area contributed by atoms with E-state index in [1.54, 1.807) is 34.0 Å². The fourth-order valence-corrected chi connectivity index (χ4v) is 3.68. The van der Waals surface area contributed by atoms with Crippen LogP contribution in [0.3, 0.4) is 0 Å². The van der Waals surface area contributed by atoms with E-state index in [4.69, 9.17) is 0 Å². The molecule has 0 bridgehead atoms. The van der Waals surface area contributed by atoms with Crippen LogP contribution < -0.4 is 4.90 Å². The highest BCUT2D eigenvalue weighted by Gasteiger charge is 2.20. The van der Waals surface area contributed by atoms with Crippen LogP contribution in [0.5, 0.6) is 0 Å². The summed E-state index contributed by atoms with van der Waals surface area (Å²) in [5, 5.41) is 6.82. The summed E-state index contributed by atoms with van der Waals surface area (Å²) in [7, 11) is 0. The highest BCUT2D eigenvalue weighted by atomic mass is 32.1. The number of carbonyl (C=O) groups is 1. The first kappa shape index (κ1) is 17.9. The predicted octanol–water partition coefficient (Wildman–Crippen LogP) is 4.83. The number of benzene rings is 2. The van der Waals surface area contributed by atoms with Crippen LogP contribution in [0.25, 0.3) is 16.9 Å². The van der Waals surface area contributed by atoms with Crippen LogP contribution in [0.2, 0.25) is 0 Å². The fraction of sp³-hybridized carbons (Fsp3) is 0.0455. The molecule has 0 N–H and O–H groups in total. The minimum atomic E-state index is -0.110. The monoisotopic (exact) mass is 386 g/mol.